The number of carbonyl (C=O) groups excluding carboxylic acids is 1. The van der Waals surface area contributed by atoms with Crippen LogP contribution in [0, 0.1) is 6.92 Å². The van der Waals surface area contributed by atoms with Gasteiger partial charge in [0, 0.05) is 12.2 Å². The van der Waals surface area contributed by atoms with Gasteiger partial charge in [-0.3, -0.25) is 4.79 Å². The molecule has 1 aliphatic heterocycles. The number of anilines is 1. The summed E-state index contributed by atoms with van der Waals surface area (Å²) in [7, 11) is 0. The maximum absolute atomic E-state index is 12.6. The van der Waals surface area contributed by atoms with Gasteiger partial charge in [-0.05, 0) is 43.5 Å². The number of pyridine rings is 1. The highest BCUT2D eigenvalue weighted by molar-refractivity contribution is 6.29. The molecule has 1 aromatic carbocycles. The number of hydrogen-bond donors (Lipinski definition) is 0. The lowest BCUT2D eigenvalue weighted by molar-refractivity contribution is 0.0980. The summed E-state index contributed by atoms with van der Waals surface area (Å²) in [6, 6.07) is 11.3. The van der Waals surface area contributed by atoms with Crippen LogP contribution in [-0.2, 0) is 6.42 Å². The number of fused-ring (bicyclic) bond motifs is 1. The average Bonchev–Trinajstić information content (AvgIpc) is 2.45. The molecule has 102 valence electrons. The molecule has 0 fully saturated rings. The molecule has 0 N–H and O–H groups in total. The van der Waals surface area contributed by atoms with Crippen LogP contribution in [0.2, 0.25) is 5.15 Å². The Morgan fingerprint density at radius 2 is 2.15 bits per heavy atom. The van der Waals surface area contributed by atoms with Crippen molar-refractivity contribution in [3.05, 3.63) is 58.4 Å². The maximum atomic E-state index is 12.6. The minimum absolute atomic E-state index is 0.0858. The second kappa shape index (κ2) is 5.25. The normalized spacial score (nSPS) is 14.0. The summed E-state index contributed by atoms with van der Waals surface area (Å²) in [5.74, 6) is -0.0858. The number of nitrogens with zero attached hydrogens (tertiary/aromatic N) is 2. The molecular formula is C16H15ClN2O. The van der Waals surface area contributed by atoms with Crippen molar-refractivity contribution >= 4 is 23.2 Å². The van der Waals surface area contributed by atoms with Gasteiger partial charge in [-0.1, -0.05) is 35.4 Å². The van der Waals surface area contributed by atoms with E-state index < -0.39 is 0 Å². The lowest BCUT2D eigenvalue weighted by Gasteiger charge is -2.29. The van der Waals surface area contributed by atoms with Gasteiger partial charge in [0.1, 0.15) is 10.8 Å². The summed E-state index contributed by atoms with van der Waals surface area (Å²) in [5.41, 5.74) is 3.84. The topological polar surface area (TPSA) is 33.2 Å². The Labute approximate surface area is 123 Å². The molecule has 4 heteroatoms. The Bertz CT molecular complexity index is 669. The summed E-state index contributed by atoms with van der Waals surface area (Å²) in [6.07, 6.45) is 1.99. The van der Waals surface area contributed by atoms with E-state index in [1.807, 2.05) is 12.1 Å². The van der Waals surface area contributed by atoms with Crippen molar-refractivity contribution in [1.29, 1.82) is 0 Å². The molecule has 0 saturated heterocycles. The lowest BCUT2D eigenvalue weighted by Crippen LogP contribution is -2.36. The third-order valence-corrected chi connectivity index (χ3v) is 3.74. The molecule has 1 amide bonds. The van der Waals surface area contributed by atoms with Gasteiger partial charge in [-0.2, -0.15) is 0 Å². The number of aryl methyl sites for hydroxylation is 2. The van der Waals surface area contributed by atoms with Crippen LogP contribution in [0.25, 0.3) is 0 Å². The Kier molecular flexibility index (Phi) is 3.45. The molecule has 0 radical (unpaired) electrons. The van der Waals surface area contributed by atoms with Gasteiger partial charge in [-0.25, -0.2) is 4.98 Å². The van der Waals surface area contributed by atoms with Crippen LogP contribution in [0.4, 0.5) is 5.69 Å². The lowest BCUT2D eigenvalue weighted by atomic mass is 9.99. The highest BCUT2D eigenvalue weighted by Gasteiger charge is 2.24. The van der Waals surface area contributed by atoms with E-state index in [0.717, 1.165) is 25.1 Å². The first-order valence-electron chi connectivity index (χ1n) is 6.69. The van der Waals surface area contributed by atoms with E-state index in [-0.39, 0.29) is 5.91 Å². The van der Waals surface area contributed by atoms with Crippen LogP contribution in [0.15, 0.2) is 36.4 Å². The molecule has 0 unspecified atom stereocenters. The summed E-state index contributed by atoms with van der Waals surface area (Å²) in [5, 5.41) is 0.344. The highest BCUT2D eigenvalue weighted by Crippen LogP contribution is 2.29. The first-order valence-corrected chi connectivity index (χ1v) is 7.07. The molecule has 0 aliphatic carbocycles. The smallest absolute Gasteiger partial charge is 0.276 e. The van der Waals surface area contributed by atoms with Crippen molar-refractivity contribution in [2.75, 3.05) is 11.4 Å². The zero-order valence-electron chi connectivity index (χ0n) is 11.3. The van der Waals surface area contributed by atoms with Gasteiger partial charge in [0.25, 0.3) is 5.91 Å². The molecule has 0 spiro atoms. The van der Waals surface area contributed by atoms with Crippen LogP contribution < -0.4 is 4.90 Å². The van der Waals surface area contributed by atoms with Crippen LogP contribution in [0.5, 0.6) is 0 Å². The molecule has 1 aromatic heterocycles. The van der Waals surface area contributed by atoms with Crippen molar-refractivity contribution in [3.63, 3.8) is 0 Å². The SMILES string of the molecule is Cc1ccc2c(c1)CCCN2C(=O)c1cccc(Cl)n1. The van der Waals surface area contributed by atoms with Gasteiger partial charge in [0.2, 0.25) is 0 Å². The molecule has 0 atom stereocenters. The molecule has 2 aromatic rings. The third kappa shape index (κ3) is 2.41. The molecule has 3 nitrogen and oxygen atoms in total. The quantitative estimate of drug-likeness (QED) is 0.750. The second-order valence-electron chi connectivity index (χ2n) is 5.04. The molecule has 20 heavy (non-hydrogen) atoms. The van der Waals surface area contributed by atoms with Crippen molar-refractivity contribution in [2.24, 2.45) is 0 Å². The van der Waals surface area contributed by atoms with E-state index in [1.54, 1.807) is 23.1 Å². The maximum Gasteiger partial charge on any atom is 0.276 e. The van der Waals surface area contributed by atoms with E-state index in [0.29, 0.717) is 10.8 Å². The monoisotopic (exact) mass is 286 g/mol. The third-order valence-electron chi connectivity index (χ3n) is 3.53. The zero-order valence-corrected chi connectivity index (χ0v) is 12.0. The van der Waals surface area contributed by atoms with Crippen LogP contribution >= 0.6 is 11.6 Å². The molecule has 0 bridgehead atoms. The fourth-order valence-electron chi connectivity index (χ4n) is 2.60. The number of halogens is 1. The van der Waals surface area contributed by atoms with Gasteiger partial charge in [-0.15, -0.1) is 0 Å². The Balaban J connectivity index is 1.98. The fourth-order valence-corrected chi connectivity index (χ4v) is 2.77. The fraction of sp³-hybridized carbons (Fsp3) is 0.250. The zero-order chi connectivity index (χ0) is 14.1. The predicted molar refractivity (Wildman–Crippen MR) is 80.4 cm³/mol. The molecular weight excluding hydrogens is 272 g/mol. The van der Waals surface area contributed by atoms with E-state index in [1.165, 1.54) is 11.1 Å². The Morgan fingerprint density at radius 1 is 1.30 bits per heavy atom. The number of carbonyl (C=O) groups is 1. The highest BCUT2D eigenvalue weighted by atomic mass is 35.5. The Morgan fingerprint density at radius 3 is 2.95 bits per heavy atom. The van der Waals surface area contributed by atoms with E-state index >= 15 is 0 Å². The average molecular weight is 287 g/mol. The van der Waals surface area contributed by atoms with E-state index in [9.17, 15) is 4.79 Å². The molecule has 0 saturated carbocycles. The van der Waals surface area contributed by atoms with Gasteiger partial charge in [0.15, 0.2) is 0 Å². The summed E-state index contributed by atoms with van der Waals surface area (Å²) < 4.78 is 0. The van der Waals surface area contributed by atoms with Crippen molar-refractivity contribution in [3.8, 4) is 0 Å². The predicted octanol–water partition coefficient (Wildman–Crippen LogP) is 3.64. The number of hydrogen-bond acceptors (Lipinski definition) is 2. The van der Waals surface area contributed by atoms with Crippen LogP contribution in [0.3, 0.4) is 0 Å². The summed E-state index contributed by atoms with van der Waals surface area (Å²) >= 11 is 5.87. The van der Waals surface area contributed by atoms with Gasteiger partial charge in [0.05, 0.1) is 0 Å². The van der Waals surface area contributed by atoms with Crippen molar-refractivity contribution < 1.29 is 4.79 Å². The van der Waals surface area contributed by atoms with E-state index in [4.69, 9.17) is 11.6 Å². The summed E-state index contributed by atoms with van der Waals surface area (Å²) in [4.78, 5) is 18.5. The molecule has 1 aliphatic rings. The number of benzene rings is 1. The van der Waals surface area contributed by atoms with Crippen LogP contribution in [0.1, 0.15) is 28.0 Å². The largest absolute Gasteiger partial charge is 0.307 e. The number of amides is 1. The molecule has 2 heterocycles. The van der Waals surface area contributed by atoms with E-state index in [2.05, 4.69) is 18.0 Å². The summed E-state index contributed by atoms with van der Waals surface area (Å²) in [6.45, 7) is 2.79. The number of rotatable bonds is 1. The second-order valence-corrected chi connectivity index (χ2v) is 5.43. The number of aromatic nitrogens is 1. The molecule has 3 rings (SSSR count). The standard InChI is InChI=1S/C16H15ClN2O/c1-11-7-8-14-12(10-11)4-3-9-19(14)16(20)13-5-2-6-15(17)18-13/h2,5-8,10H,3-4,9H2,1H3. The Hall–Kier alpha value is -1.87. The van der Waals surface area contributed by atoms with Gasteiger partial charge < -0.3 is 4.90 Å². The minimum Gasteiger partial charge on any atom is -0.307 e. The van der Waals surface area contributed by atoms with Gasteiger partial charge >= 0.3 is 0 Å². The van der Waals surface area contributed by atoms with Crippen molar-refractivity contribution in [2.45, 2.75) is 19.8 Å². The van der Waals surface area contributed by atoms with Crippen LogP contribution in [-0.4, -0.2) is 17.4 Å². The first-order chi connectivity index (χ1) is 9.65. The minimum atomic E-state index is -0.0858. The first kappa shape index (κ1) is 13.1. The van der Waals surface area contributed by atoms with Crippen molar-refractivity contribution in [1.82, 2.24) is 4.98 Å².